The zero-order valence-electron chi connectivity index (χ0n) is 9.45. The Morgan fingerprint density at radius 3 is 2.60 bits per heavy atom. The zero-order chi connectivity index (χ0) is 11.5. The van der Waals surface area contributed by atoms with Gasteiger partial charge in [-0.3, -0.25) is 4.79 Å². The highest BCUT2D eigenvalue weighted by Gasteiger charge is 2.12. The van der Waals surface area contributed by atoms with Crippen LogP contribution in [0.1, 0.15) is 39.0 Å². The number of aliphatic hydroxyl groups is 2. The molecule has 0 fully saturated rings. The van der Waals surface area contributed by atoms with Gasteiger partial charge in [0.15, 0.2) is 5.78 Å². The minimum absolute atomic E-state index is 0.176. The highest BCUT2D eigenvalue weighted by atomic mass is 16.5. The molecule has 4 heteroatoms. The summed E-state index contributed by atoms with van der Waals surface area (Å²) in [5.41, 5.74) is 0. The highest BCUT2D eigenvalue weighted by Crippen LogP contribution is 1.99. The molecule has 90 valence electrons. The number of hydrogen-bond acceptors (Lipinski definition) is 4. The van der Waals surface area contributed by atoms with Crippen LogP contribution < -0.4 is 0 Å². The van der Waals surface area contributed by atoms with Crippen LogP contribution in [0.15, 0.2) is 0 Å². The van der Waals surface area contributed by atoms with Gasteiger partial charge in [0, 0.05) is 13.0 Å². The molecule has 0 aliphatic heterocycles. The minimum Gasteiger partial charge on any atom is -0.393 e. The van der Waals surface area contributed by atoms with Gasteiger partial charge in [0.2, 0.25) is 0 Å². The van der Waals surface area contributed by atoms with E-state index in [1.54, 1.807) is 0 Å². The third-order valence-electron chi connectivity index (χ3n) is 2.18. The highest BCUT2D eigenvalue weighted by molar-refractivity contribution is 5.82. The van der Waals surface area contributed by atoms with E-state index in [9.17, 15) is 4.79 Å². The fourth-order valence-corrected chi connectivity index (χ4v) is 1.17. The number of carbonyl (C=O) groups excluding carboxylic acids is 1. The minimum atomic E-state index is -1.24. The van der Waals surface area contributed by atoms with E-state index in [4.69, 9.17) is 14.9 Å². The number of Topliss-reactive ketones (excluding diaryl/α,β-unsaturated/α-hetero) is 1. The van der Waals surface area contributed by atoms with Gasteiger partial charge in [-0.15, -0.1) is 0 Å². The number of carbonyl (C=O) groups is 1. The molecule has 0 aromatic carbocycles. The maximum Gasteiger partial charge on any atom is 0.165 e. The molecule has 1 unspecified atom stereocenters. The molecule has 0 saturated heterocycles. The SMILES string of the molecule is CCCCCCOCCC(=O)C(O)CO. The summed E-state index contributed by atoms with van der Waals surface area (Å²) >= 11 is 0. The summed E-state index contributed by atoms with van der Waals surface area (Å²) in [5, 5.41) is 17.4. The lowest BCUT2D eigenvalue weighted by Gasteiger charge is -2.06. The number of aliphatic hydroxyl groups excluding tert-OH is 2. The van der Waals surface area contributed by atoms with Crippen molar-refractivity contribution in [2.75, 3.05) is 19.8 Å². The molecule has 2 N–H and O–H groups in total. The Hall–Kier alpha value is -0.450. The topological polar surface area (TPSA) is 66.8 Å². The van der Waals surface area contributed by atoms with Gasteiger partial charge >= 0.3 is 0 Å². The van der Waals surface area contributed by atoms with Gasteiger partial charge in [-0.2, -0.15) is 0 Å². The van der Waals surface area contributed by atoms with Crippen LogP contribution in [0.5, 0.6) is 0 Å². The number of hydrogen-bond donors (Lipinski definition) is 2. The second-order valence-electron chi connectivity index (χ2n) is 3.59. The Bertz CT molecular complexity index is 159. The van der Waals surface area contributed by atoms with Crippen molar-refractivity contribution in [1.29, 1.82) is 0 Å². The van der Waals surface area contributed by atoms with Gasteiger partial charge in [-0.25, -0.2) is 0 Å². The number of ketones is 1. The summed E-state index contributed by atoms with van der Waals surface area (Å²) in [6.45, 7) is 2.65. The van der Waals surface area contributed by atoms with E-state index in [2.05, 4.69) is 6.92 Å². The van der Waals surface area contributed by atoms with E-state index in [0.717, 1.165) is 12.8 Å². The van der Waals surface area contributed by atoms with E-state index in [1.165, 1.54) is 12.8 Å². The zero-order valence-corrected chi connectivity index (χ0v) is 9.45. The van der Waals surface area contributed by atoms with Crippen molar-refractivity contribution in [2.45, 2.75) is 45.1 Å². The normalized spacial score (nSPS) is 12.7. The molecule has 1 atom stereocenters. The molecule has 4 nitrogen and oxygen atoms in total. The quantitative estimate of drug-likeness (QED) is 0.534. The van der Waals surface area contributed by atoms with E-state index < -0.39 is 12.7 Å². The van der Waals surface area contributed by atoms with Crippen molar-refractivity contribution in [1.82, 2.24) is 0 Å². The monoisotopic (exact) mass is 218 g/mol. The average molecular weight is 218 g/mol. The van der Waals surface area contributed by atoms with Crippen LogP contribution in [0.3, 0.4) is 0 Å². The largest absolute Gasteiger partial charge is 0.393 e. The molecule has 0 bridgehead atoms. The van der Waals surface area contributed by atoms with Crippen LogP contribution in [0.25, 0.3) is 0 Å². The first-order chi connectivity index (χ1) is 7.22. The van der Waals surface area contributed by atoms with E-state index in [0.29, 0.717) is 13.2 Å². The van der Waals surface area contributed by atoms with Crippen molar-refractivity contribution in [3.05, 3.63) is 0 Å². The maximum absolute atomic E-state index is 11.0. The molecule has 0 aromatic rings. The second kappa shape index (κ2) is 10.1. The Morgan fingerprint density at radius 2 is 2.00 bits per heavy atom. The molecule has 0 aromatic heterocycles. The van der Waals surface area contributed by atoms with Crippen LogP contribution in [0, 0.1) is 0 Å². The van der Waals surface area contributed by atoms with E-state index in [-0.39, 0.29) is 12.2 Å². The summed E-state index contributed by atoms with van der Waals surface area (Å²) in [6.07, 6.45) is 3.52. The lowest BCUT2D eigenvalue weighted by atomic mass is 10.2. The molecule has 0 rings (SSSR count). The second-order valence-corrected chi connectivity index (χ2v) is 3.59. The number of unbranched alkanes of at least 4 members (excludes halogenated alkanes) is 3. The van der Waals surface area contributed by atoms with Crippen molar-refractivity contribution in [2.24, 2.45) is 0 Å². The standard InChI is InChI=1S/C11H22O4/c1-2-3-4-5-7-15-8-6-10(13)11(14)9-12/h11-12,14H,2-9H2,1H3. The fourth-order valence-electron chi connectivity index (χ4n) is 1.17. The molecule has 0 spiro atoms. The van der Waals surface area contributed by atoms with Gasteiger partial charge < -0.3 is 14.9 Å². The van der Waals surface area contributed by atoms with Crippen LogP contribution in [0.2, 0.25) is 0 Å². The lowest BCUT2D eigenvalue weighted by Crippen LogP contribution is -2.25. The lowest BCUT2D eigenvalue weighted by molar-refractivity contribution is -0.130. The Labute approximate surface area is 91.3 Å². The van der Waals surface area contributed by atoms with Gasteiger partial charge in [0.1, 0.15) is 6.10 Å². The van der Waals surface area contributed by atoms with Crippen LogP contribution in [-0.4, -0.2) is 41.9 Å². The molecule has 0 aliphatic carbocycles. The third kappa shape index (κ3) is 8.54. The first-order valence-electron chi connectivity index (χ1n) is 5.61. The molecule has 0 heterocycles. The predicted molar refractivity (Wildman–Crippen MR) is 57.7 cm³/mol. The Kier molecular flexibility index (Phi) is 9.78. The summed E-state index contributed by atoms with van der Waals surface area (Å²) in [5.74, 6) is -0.356. The van der Waals surface area contributed by atoms with Crippen molar-refractivity contribution >= 4 is 5.78 Å². The Morgan fingerprint density at radius 1 is 1.27 bits per heavy atom. The number of ether oxygens (including phenoxy) is 1. The van der Waals surface area contributed by atoms with E-state index >= 15 is 0 Å². The summed E-state index contributed by atoms with van der Waals surface area (Å²) in [7, 11) is 0. The number of rotatable bonds is 10. The molecule has 0 radical (unpaired) electrons. The third-order valence-corrected chi connectivity index (χ3v) is 2.18. The average Bonchev–Trinajstić information content (AvgIpc) is 2.26. The van der Waals surface area contributed by atoms with Crippen molar-refractivity contribution in [3.8, 4) is 0 Å². The first-order valence-corrected chi connectivity index (χ1v) is 5.61. The summed E-state index contributed by atoms with van der Waals surface area (Å²) < 4.78 is 5.23. The molecule has 15 heavy (non-hydrogen) atoms. The molecule has 0 aliphatic rings. The molecular formula is C11H22O4. The fraction of sp³-hybridized carbons (Fsp3) is 0.909. The van der Waals surface area contributed by atoms with Gasteiger partial charge in [-0.1, -0.05) is 26.2 Å². The molecular weight excluding hydrogens is 196 g/mol. The van der Waals surface area contributed by atoms with Crippen molar-refractivity contribution in [3.63, 3.8) is 0 Å². The van der Waals surface area contributed by atoms with Crippen LogP contribution in [-0.2, 0) is 9.53 Å². The van der Waals surface area contributed by atoms with Crippen molar-refractivity contribution < 1.29 is 19.7 Å². The van der Waals surface area contributed by atoms with Gasteiger partial charge in [0.25, 0.3) is 0 Å². The van der Waals surface area contributed by atoms with Crippen LogP contribution >= 0.6 is 0 Å². The van der Waals surface area contributed by atoms with Gasteiger partial charge in [-0.05, 0) is 6.42 Å². The summed E-state index contributed by atoms with van der Waals surface area (Å²) in [4.78, 5) is 11.0. The first kappa shape index (κ1) is 14.6. The predicted octanol–water partition coefficient (Wildman–Crippen LogP) is 0.896. The van der Waals surface area contributed by atoms with E-state index in [1.807, 2.05) is 0 Å². The molecule has 0 saturated carbocycles. The van der Waals surface area contributed by atoms with Crippen LogP contribution in [0.4, 0.5) is 0 Å². The van der Waals surface area contributed by atoms with Gasteiger partial charge in [0.05, 0.1) is 13.2 Å². The smallest absolute Gasteiger partial charge is 0.165 e. The Balaban J connectivity index is 3.20. The summed E-state index contributed by atoms with van der Waals surface area (Å²) in [6, 6.07) is 0. The maximum atomic E-state index is 11.0. The molecule has 0 amide bonds.